The lowest BCUT2D eigenvalue weighted by molar-refractivity contribution is -0.358. The number of esters is 2. The first-order valence-corrected chi connectivity index (χ1v) is 17.6. The van der Waals surface area contributed by atoms with Gasteiger partial charge >= 0.3 is 11.9 Å². The second kappa shape index (κ2) is 17.8. The summed E-state index contributed by atoms with van der Waals surface area (Å²) in [7, 11) is 1.33. The lowest BCUT2D eigenvalue weighted by Crippen LogP contribution is -2.65. The smallest absolute Gasteiger partial charge is 0.331 e. The Hall–Kier alpha value is -5.77. The molecule has 0 saturated carbocycles. The summed E-state index contributed by atoms with van der Waals surface area (Å²) in [5.41, 5.74) is -0.0386. The fourth-order valence-corrected chi connectivity index (χ4v) is 6.27. The van der Waals surface area contributed by atoms with Gasteiger partial charge in [0.1, 0.15) is 77.2 Å². The molecule has 10 atom stereocenters. The number of carbonyl (C=O) groups is 2. The zero-order valence-corrected chi connectivity index (χ0v) is 30.7. The SMILES string of the molecule is COc1cc(-c2cc(=O)c3c(O)cc(O[C@@H]4O[C@@H](CO)[C@@H](O)[C@H](O)[C@H]4O[C@H]4O[C@@H](COC(C)=O)[C@@H](O)[C@H](O)[C@H]4OC(=O)/C=C\c4ccc(O)cc4)cc3o2)ccc1O. The molecule has 19 nitrogen and oxygen atoms in total. The van der Waals surface area contributed by atoms with E-state index in [0.29, 0.717) is 11.1 Å². The van der Waals surface area contributed by atoms with Crippen LogP contribution < -0.4 is 14.9 Å². The van der Waals surface area contributed by atoms with Crippen molar-refractivity contribution in [3.63, 3.8) is 0 Å². The molecular formula is C39H40O19. The summed E-state index contributed by atoms with van der Waals surface area (Å²) in [6.07, 6.45) is -15.6. The maximum absolute atomic E-state index is 13.1. The first-order valence-electron chi connectivity index (χ1n) is 17.6. The fraction of sp³-hybridized carbons (Fsp3) is 0.359. The van der Waals surface area contributed by atoms with Crippen molar-refractivity contribution in [3.05, 3.63) is 82.5 Å². The lowest BCUT2D eigenvalue weighted by atomic mass is 9.97. The van der Waals surface area contributed by atoms with E-state index in [1.54, 1.807) is 0 Å². The van der Waals surface area contributed by atoms with Gasteiger partial charge in [0.05, 0.1) is 13.7 Å². The summed E-state index contributed by atoms with van der Waals surface area (Å²) >= 11 is 0. The highest BCUT2D eigenvalue weighted by atomic mass is 16.8. The Balaban J connectivity index is 1.32. The van der Waals surface area contributed by atoms with Gasteiger partial charge in [0.25, 0.3) is 0 Å². The average molecular weight is 813 g/mol. The maximum atomic E-state index is 13.1. The zero-order chi connectivity index (χ0) is 41.8. The molecule has 8 N–H and O–H groups in total. The molecule has 0 amide bonds. The molecule has 2 aliphatic rings. The Morgan fingerprint density at radius 2 is 1.50 bits per heavy atom. The number of rotatable bonds is 12. The Morgan fingerprint density at radius 1 is 0.810 bits per heavy atom. The van der Waals surface area contributed by atoms with Crippen molar-refractivity contribution in [3.8, 4) is 40.1 Å². The van der Waals surface area contributed by atoms with E-state index in [4.69, 9.17) is 37.6 Å². The molecule has 19 heteroatoms. The van der Waals surface area contributed by atoms with Crippen LogP contribution in [0, 0.1) is 0 Å². The van der Waals surface area contributed by atoms with Gasteiger partial charge in [-0.05, 0) is 42.0 Å². The van der Waals surface area contributed by atoms with E-state index in [1.165, 1.54) is 61.7 Å². The fourth-order valence-electron chi connectivity index (χ4n) is 6.27. The number of hydrogen-bond donors (Lipinski definition) is 8. The van der Waals surface area contributed by atoms with E-state index in [9.17, 15) is 55.2 Å². The van der Waals surface area contributed by atoms with Crippen LogP contribution in [-0.4, -0.2) is 135 Å². The summed E-state index contributed by atoms with van der Waals surface area (Å²) in [6, 6.07) is 13.3. The number of aromatic hydroxyl groups is 3. The number of carbonyl (C=O) groups excluding carboxylic acids is 2. The number of benzene rings is 3. The molecule has 1 aromatic heterocycles. The number of ether oxygens (including phenoxy) is 7. The van der Waals surface area contributed by atoms with Crippen molar-refractivity contribution in [2.45, 2.75) is 68.3 Å². The van der Waals surface area contributed by atoms with E-state index in [-0.39, 0.29) is 39.7 Å². The molecule has 310 valence electrons. The molecular weight excluding hydrogens is 772 g/mol. The van der Waals surface area contributed by atoms with Gasteiger partial charge in [0, 0.05) is 36.8 Å². The maximum Gasteiger partial charge on any atom is 0.331 e. The monoisotopic (exact) mass is 812 g/mol. The van der Waals surface area contributed by atoms with Gasteiger partial charge in [0.15, 0.2) is 35.4 Å². The minimum absolute atomic E-state index is 0.0124. The average Bonchev–Trinajstić information content (AvgIpc) is 3.19. The molecule has 58 heavy (non-hydrogen) atoms. The third-order valence-electron chi connectivity index (χ3n) is 9.27. The standard InChI is InChI=1S/C39H40O19/c1-17(41)52-16-29-33(48)35(50)36(57-30(46)10-5-18-3-7-20(42)8-4-18)39(56-29)58-37-34(49)32(47)28(15-40)55-38(37)53-21-12-23(44)31-24(45)14-25(54-27(31)13-21)19-6-9-22(43)26(11-19)51-2/h3-14,28-29,32-40,42-44,47-50H,15-16H2,1-2H3/b10-5-/t28-,29-,32+,33+,34-,35-,36+,37+,38+,39+/m0/s1. The van der Waals surface area contributed by atoms with Crippen LogP contribution in [0.15, 0.2) is 76.0 Å². The molecule has 3 aromatic carbocycles. The van der Waals surface area contributed by atoms with Gasteiger partial charge in [-0.25, -0.2) is 4.79 Å². The van der Waals surface area contributed by atoms with Crippen molar-refractivity contribution in [2.75, 3.05) is 20.3 Å². The topological polar surface area (TPSA) is 291 Å². The second-order valence-corrected chi connectivity index (χ2v) is 13.3. The zero-order valence-electron chi connectivity index (χ0n) is 30.7. The Kier molecular flexibility index (Phi) is 12.8. The van der Waals surface area contributed by atoms with Crippen LogP contribution >= 0.6 is 0 Å². The summed E-state index contributed by atoms with van der Waals surface area (Å²) in [5.74, 6) is -2.76. The van der Waals surface area contributed by atoms with Crippen LogP contribution in [0.3, 0.4) is 0 Å². The molecule has 0 bridgehead atoms. The van der Waals surface area contributed by atoms with Gasteiger partial charge in [-0.15, -0.1) is 0 Å². The van der Waals surface area contributed by atoms with Gasteiger partial charge < -0.3 is 78.4 Å². The molecule has 6 rings (SSSR count). The molecule has 2 aliphatic heterocycles. The second-order valence-electron chi connectivity index (χ2n) is 13.3. The first-order chi connectivity index (χ1) is 27.7. The predicted molar refractivity (Wildman–Crippen MR) is 195 cm³/mol. The van der Waals surface area contributed by atoms with Crippen LogP contribution in [0.1, 0.15) is 12.5 Å². The predicted octanol–water partition coefficient (Wildman–Crippen LogP) is 0.423. The number of fused-ring (bicyclic) bond motifs is 1. The summed E-state index contributed by atoms with van der Waals surface area (Å²) in [5, 5.41) is 84.4. The molecule has 2 fully saturated rings. The van der Waals surface area contributed by atoms with Crippen LogP contribution in [-0.2, 0) is 33.3 Å². The molecule has 0 aliphatic carbocycles. The highest BCUT2D eigenvalue weighted by Gasteiger charge is 2.53. The first kappa shape index (κ1) is 41.9. The Morgan fingerprint density at radius 3 is 2.19 bits per heavy atom. The van der Waals surface area contributed by atoms with Crippen LogP contribution in [0.5, 0.6) is 28.7 Å². The van der Waals surface area contributed by atoms with Crippen molar-refractivity contribution >= 4 is 29.0 Å². The molecule has 4 aromatic rings. The van der Waals surface area contributed by atoms with E-state index in [0.717, 1.165) is 25.1 Å². The van der Waals surface area contributed by atoms with Crippen molar-refractivity contribution in [1.29, 1.82) is 0 Å². The van der Waals surface area contributed by atoms with E-state index in [1.807, 2.05) is 0 Å². The summed E-state index contributed by atoms with van der Waals surface area (Å²) < 4.78 is 45.0. The third kappa shape index (κ3) is 9.17. The lowest BCUT2D eigenvalue weighted by Gasteiger charge is -2.46. The number of aliphatic hydroxyl groups excluding tert-OH is 5. The number of phenols is 3. The van der Waals surface area contributed by atoms with Crippen molar-refractivity contribution in [1.82, 2.24) is 0 Å². The highest BCUT2D eigenvalue weighted by molar-refractivity contribution is 5.87. The third-order valence-corrected chi connectivity index (χ3v) is 9.27. The molecule has 0 unspecified atom stereocenters. The van der Waals surface area contributed by atoms with E-state index >= 15 is 0 Å². The number of aliphatic hydroxyl groups is 5. The molecule has 3 heterocycles. The van der Waals surface area contributed by atoms with Crippen LogP contribution in [0.25, 0.3) is 28.4 Å². The number of methoxy groups -OCH3 is 1. The minimum atomic E-state index is -1.95. The van der Waals surface area contributed by atoms with E-state index < -0.39 is 97.7 Å². The number of hydrogen-bond acceptors (Lipinski definition) is 19. The summed E-state index contributed by atoms with van der Waals surface area (Å²) in [4.78, 5) is 37.7. The van der Waals surface area contributed by atoms with Gasteiger partial charge in [-0.2, -0.15) is 0 Å². The number of phenolic OH excluding ortho intramolecular Hbond substituents is 3. The quantitative estimate of drug-likeness (QED) is 0.0710. The molecule has 2 saturated heterocycles. The van der Waals surface area contributed by atoms with E-state index in [2.05, 4.69) is 0 Å². The van der Waals surface area contributed by atoms with Gasteiger partial charge in [-0.1, -0.05) is 12.1 Å². The Bertz CT molecular complexity index is 2180. The van der Waals surface area contributed by atoms with Gasteiger partial charge in [0.2, 0.25) is 6.29 Å². The summed E-state index contributed by atoms with van der Waals surface area (Å²) in [6.45, 7) is -0.346. The van der Waals surface area contributed by atoms with Gasteiger partial charge in [-0.3, -0.25) is 9.59 Å². The van der Waals surface area contributed by atoms with Crippen molar-refractivity contribution in [2.24, 2.45) is 0 Å². The molecule has 0 radical (unpaired) electrons. The van der Waals surface area contributed by atoms with Crippen LogP contribution in [0.2, 0.25) is 0 Å². The largest absolute Gasteiger partial charge is 0.508 e. The molecule has 0 spiro atoms. The normalized spacial score (nSPS) is 27.3. The minimum Gasteiger partial charge on any atom is -0.508 e. The highest BCUT2D eigenvalue weighted by Crippen LogP contribution is 2.37. The van der Waals surface area contributed by atoms with Crippen LogP contribution in [0.4, 0.5) is 0 Å². The van der Waals surface area contributed by atoms with Crippen molar-refractivity contribution < 1.29 is 88.0 Å². The Labute approximate surface area is 328 Å².